The number of piperazine rings is 1. The summed E-state index contributed by atoms with van der Waals surface area (Å²) in [5.74, 6) is -2.75. The van der Waals surface area contributed by atoms with Crippen LogP contribution in [0.15, 0.2) is 41.3 Å². The minimum atomic E-state index is -4.31. The molecular formula is C30H38F2N8O4S. The van der Waals surface area contributed by atoms with E-state index in [2.05, 4.69) is 37.7 Å². The number of H-pyrrole nitrogens is 1. The number of nitrogens with one attached hydrogen (secondary N) is 3. The maximum absolute atomic E-state index is 13.9. The van der Waals surface area contributed by atoms with Crippen LogP contribution in [0, 0.1) is 11.6 Å². The van der Waals surface area contributed by atoms with Gasteiger partial charge in [-0.2, -0.15) is 9.40 Å². The van der Waals surface area contributed by atoms with E-state index in [1.54, 1.807) is 45.0 Å². The second-order valence-electron chi connectivity index (χ2n) is 12.4. The van der Waals surface area contributed by atoms with Crippen molar-refractivity contribution >= 4 is 39.0 Å². The van der Waals surface area contributed by atoms with Crippen molar-refractivity contribution in [2.75, 3.05) is 75.9 Å². The zero-order chi connectivity index (χ0) is 32.7. The first-order valence-corrected chi connectivity index (χ1v) is 16.0. The Morgan fingerprint density at radius 2 is 1.69 bits per heavy atom. The van der Waals surface area contributed by atoms with E-state index in [-0.39, 0.29) is 36.9 Å². The molecule has 0 atom stereocenters. The SMILES string of the molecule is CN(C)CC(=O)Nc1cc(N2CCN(C)CC2)ccc1C(=O)Nc1n[nH]c2c1CN(S(=O)(=O)c1cc(F)cc(F)c1)CC2(C)C. The molecule has 45 heavy (non-hydrogen) atoms. The van der Waals surface area contributed by atoms with Crippen LogP contribution in [0.3, 0.4) is 0 Å². The highest BCUT2D eigenvalue weighted by Crippen LogP contribution is 2.38. The predicted octanol–water partition coefficient (Wildman–Crippen LogP) is 2.67. The van der Waals surface area contributed by atoms with Gasteiger partial charge in [0.25, 0.3) is 5.91 Å². The monoisotopic (exact) mass is 644 g/mol. The fraction of sp³-hybridized carbons (Fsp3) is 0.433. The van der Waals surface area contributed by atoms with Gasteiger partial charge in [-0.15, -0.1) is 0 Å². The molecule has 1 fully saturated rings. The average Bonchev–Trinajstić information content (AvgIpc) is 3.35. The van der Waals surface area contributed by atoms with Crippen LogP contribution in [0.25, 0.3) is 0 Å². The summed E-state index contributed by atoms with van der Waals surface area (Å²) in [6.45, 7) is 6.89. The lowest BCUT2D eigenvalue weighted by Crippen LogP contribution is -2.45. The lowest BCUT2D eigenvalue weighted by Gasteiger charge is -2.36. The quantitative estimate of drug-likeness (QED) is 0.341. The molecule has 3 heterocycles. The second kappa shape index (κ2) is 12.5. The van der Waals surface area contributed by atoms with Crippen molar-refractivity contribution in [3.8, 4) is 0 Å². The molecule has 2 aliphatic heterocycles. The van der Waals surface area contributed by atoms with E-state index in [1.807, 2.05) is 6.07 Å². The maximum atomic E-state index is 13.9. The number of hydrogen-bond acceptors (Lipinski definition) is 8. The third kappa shape index (κ3) is 7.01. The van der Waals surface area contributed by atoms with Gasteiger partial charge >= 0.3 is 0 Å². The summed E-state index contributed by atoms with van der Waals surface area (Å²) in [6.07, 6.45) is 0. The van der Waals surface area contributed by atoms with Gasteiger partial charge in [-0.1, -0.05) is 13.8 Å². The van der Waals surface area contributed by atoms with Crippen molar-refractivity contribution in [2.45, 2.75) is 30.7 Å². The Hall–Kier alpha value is -3.92. The van der Waals surface area contributed by atoms with Gasteiger partial charge in [-0.05, 0) is 51.5 Å². The number of likely N-dealkylation sites (N-methyl/N-ethyl adjacent to an activating group) is 2. The number of anilines is 3. The normalized spacial score (nSPS) is 17.3. The Bertz CT molecular complexity index is 1700. The van der Waals surface area contributed by atoms with Crippen LogP contribution in [-0.2, 0) is 26.8 Å². The van der Waals surface area contributed by atoms with Crippen molar-refractivity contribution in [3.63, 3.8) is 0 Å². The molecule has 1 saturated heterocycles. The molecular weight excluding hydrogens is 606 g/mol. The molecule has 0 bridgehead atoms. The first-order valence-electron chi connectivity index (χ1n) is 14.5. The predicted molar refractivity (Wildman–Crippen MR) is 167 cm³/mol. The van der Waals surface area contributed by atoms with Gasteiger partial charge in [-0.25, -0.2) is 17.2 Å². The summed E-state index contributed by atoms with van der Waals surface area (Å²) in [6, 6.07) is 7.41. The molecule has 242 valence electrons. The topological polar surface area (TPSA) is 134 Å². The number of rotatable bonds is 8. The lowest BCUT2D eigenvalue weighted by atomic mass is 9.84. The lowest BCUT2D eigenvalue weighted by molar-refractivity contribution is -0.116. The second-order valence-corrected chi connectivity index (χ2v) is 14.4. The molecule has 0 unspecified atom stereocenters. The van der Waals surface area contributed by atoms with Crippen LogP contribution >= 0.6 is 0 Å². The van der Waals surface area contributed by atoms with Crippen molar-refractivity contribution in [2.24, 2.45) is 0 Å². The molecule has 0 saturated carbocycles. The van der Waals surface area contributed by atoms with Crippen molar-refractivity contribution in [1.82, 2.24) is 24.3 Å². The molecule has 2 aliphatic rings. The van der Waals surface area contributed by atoms with E-state index < -0.39 is 37.9 Å². The molecule has 0 spiro atoms. The maximum Gasteiger partial charge on any atom is 0.258 e. The number of halogens is 2. The van der Waals surface area contributed by atoms with Gasteiger partial charge in [0.1, 0.15) is 11.6 Å². The summed E-state index contributed by atoms with van der Waals surface area (Å²) in [5, 5.41) is 12.9. The van der Waals surface area contributed by atoms with Crippen LogP contribution in [0.2, 0.25) is 0 Å². The van der Waals surface area contributed by atoms with Crippen LogP contribution in [0.1, 0.15) is 35.5 Å². The standard InChI is InChI=1S/C30H38F2N8O4S/c1-30(2)18-40(45(43,44)22-13-19(31)12-20(32)14-22)16-24-27(30)35-36-28(24)34-29(42)23-7-6-21(39-10-8-38(5)9-11-39)15-25(23)33-26(41)17-37(3)4/h6-7,12-15H,8-11,16-18H2,1-5H3,(H,33,41)(H2,34,35,36,42). The van der Waals surface area contributed by atoms with Gasteiger partial charge in [-0.3, -0.25) is 14.7 Å². The first kappa shape index (κ1) is 32.5. The number of sulfonamides is 1. The fourth-order valence-electron chi connectivity index (χ4n) is 5.68. The summed E-state index contributed by atoms with van der Waals surface area (Å²) in [5.41, 5.74) is 1.67. The number of benzene rings is 2. The highest BCUT2D eigenvalue weighted by atomic mass is 32.2. The van der Waals surface area contributed by atoms with Gasteiger partial charge < -0.3 is 25.3 Å². The molecule has 2 aromatic carbocycles. The molecule has 5 rings (SSSR count). The number of hydrogen-bond donors (Lipinski definition) is 3. The Balaban J connectivity index is 1.44. The van der Waals surface area contributed by atoms with E-state index >= 15 is 0 Å². The number of nitrogens with zero attached hydrogens (tertiary/aromatic N) is 5. The van der Waals surface area contributed by atoms with Gasteiger partial charge in [0.05, 0.1) is 22.7 Å². The van der Waals surface area contributed by atoms with E-state index in [0.717, 1.165) is 48.3 Å². The summed E-state index contributed by atoms with van der Waals surface area (Å²) in [7, 11) is 1.29. The average molecular weight is 645 g/mol. The van der Waals surface area contributed by atoms with Crippen LogP contribution in [0.4, 0.5) is 26.0 Å². The Morgan fingerprint density at radius 1 is 1.02 bits per heavy atom. The third-order valence-corrected chi connectivity index (χ3v) is 9.78. The van der Waals surface area contributed by atoms with E-state index in [0.29, 0.717) is 23.0 Å². The van der Waals surface area contributed by atoms with Gasteiger partial charge in [0, 0.05) is 67.7 Å². The Labute approximate surface area is 261 Å². The molecule has 15 heteroatoms. The highest BCUT2D eigenvalue weighted by Gasteiger charge is 2.41. The number of aromatic nitrogens is 2. The van der Waals surface area contributed by atoms with E-state index in [1.165, 1.54) is 0 Å². The number of amides is 2. The molecule has 3 N–H and O–H groups in total. The number of carbonyl (C=O) groups is 2. The summed E-state index contributed by atoms with van der Waals surface area (Å²) >= 11 is 0. The summed E-state index contributed by atoms with van der Waals surface area (Å²) < 4.78 is 56.0. The molecule has 12 nitrogen and oxygen atoms in total. The smallest absolute Gasteiger partial charge is 0.258 e. The molecule has 2 amide bonds. The zero-order valence-corrected chi connectivity index (χ0v) is 26.8. The van der Waals surface area contributed by atoms with E-state index in [4.69, 9.17) is 0 Å². The number of aromatic amines is 1. The zero-order valence-electron chi connectivity index (χ0n) is 25.9. The first-order chi connectivity index (χ1) is 21.1. The largest absolute Gasteiger partial charge is 0.369 e. The highest BCUT2D eigenvalue weighted by molar-refractivity contribution is 7.89. The molecule has 1 aromatic heterocycles. The van der Waals surface area contributed by atoms with Crippen LogP contribution in [0.5, 0.6) is 0 Å². The van der Waals surface area contributed by atoms with Crippen molar-refractivity contribution in [3.05, 3.63) is 64.9 Å². The van der Waals surface area contributed by atoms with Gasteiger partial charge in [0.2, 0.25) is 15.9 Å². The molecule has 3 aromatic rings. The molecule has 0 radical (unpaired) electrons. The minimum Gasteiger partial charge on any atom is -0.369 e. The Morgan fingerprint density at radius 3 is 2.33 bits per heavy atom. The van der Waals surface area contributed by atoms with Crippen LogP contribution in [-0.4, -0.2) is 105 Å². The van der Waals surface area contributed by atoms with E-state index in [9.17, 15) is 26.8 Å². The third-order valence-electron chi connectivity index (χ3n) is 8.01. The van der Waals surface area contributed by atoms with Crippen molar-refractivity contribution in [1.29, 1.82) is 0 Å². The number of carbonyl (C=O) groups excluding carboxylic acids is 2. The molecule has 0 aliphatic carbocycles. The van der Waals surface area contributed by atoms with Gasteiger partial charge in [0.15, 0.2) is 5.82 Å². The van der Waals surface area contributed by atoms with Crippen LogP contribution < -0.4 is 15.5 Å². The fourth-order valence-corrected chi connectivity index (χ4v) is 7.29. The minimum absolute atomic E-state index is 0.00581. The van der Waals surface area contributed by atoms with Crippen molar-refractivity contribution < 1.29 is 26.8 Å². The Kier molecular flexibility index (Phi) is 8.99. The summed E-state index contributed by atoms with van der Waals surface area (Å²) in [4.78, 5) is 32.1. The number of fused-ring (bicyclic) bond motifs is 1.